The molecule has 0 bridgehead atoms. The van der Waals surface area contributed by atoms with Crippen LogP contribution in [0.1, 0.15) is 6.92 Å². The fourth-order valence-corrected chi connectivity index (χ4v) is 3.05. The van der Waals surface area contributed by atoms with Crippen molar-refractivity contribution in [2.24, 2.45) is 0 Å². The minimum atomic E-state index is -1.55. The summed E-state index contributed by atoms with van der Waals surface area (Å²) in [4.78, 5) is 11.4. The highest BCUT2D eigenvalue weighted by molar-refractivity contribution is 5.73. The third-order valence-electron chi connectivity index (χ3n) is 4.58. The Bertz CT molecular complexity index is 492. The summed E-state index contributed by atoms with van der Waals surface area (Å²) in [5, 5.41) is 61.5. The van der Waals surface area contributed by atoms with Crippen molar-refractivity contribution < 1.29 is 54.4 Å². The maximum atomic E-state index is 11.4. The van der Waals surface area contributed by atoms with Crippen LogP contribution in [0.4, 0.5) is 0 Å². The van der Waals surface area contributed by atoms with E-state index in [1.807, 2.05) is 0 Å². The summed E-state index contributed by atoms with van der Waals surface area (Å²) in [6.45, 7) is 0.222. The number of methoxy groups -OCH3 is 1. The second-order valence-corrected chi connectivity index (χ2v) is 6.52. The van der Waals surface area contributed by atoms with Gasteiger partial charge in [-0.05, 0) is 0 Å². The molecule has 2 aliphatic rings. The van der Waals surface area contributed by atoms with E-state index in [-0.39, 0.29) is 6.61 Å². The molecule has 0 aromatic rings. The van der Waals surface area contributed by atoms with Crippen LogP contribution >= 0.6 is 0 Å². The molecule has 7 N–H and O–H groups in total. The quantitative estimate of drug-likeness (QED) is 0.228. The smallest absolute Gasteiger partial charge is 0.217 e. The van der Waals surface area contributed by atoms with Crippen molar-refractivity contribution in [3.05, 3.63) is 0 Å². The molecule has 2 saturated heterocycles. The summed E-state index contributed by atoms with van der Waals surface area (Å²) < 4.78 is 21.1. The van der Waals surface area contributed by atoms with Crippen molar-refractivity contribution in [2.75, 3.05) is 20.3 Å². The lowest BCUT2D eigenvalue weighted by atomic mass is 9.96. The van der Waals surface area contributed by atoms with E-state index in [9.17, 15) is 35.4 Å². The lowest BCUT2D eigenvalue weighted by Crippen LogP contribution is -2.65. The van der Waals surface area contributed by atoms with E-state index in [0.29, 0.717) is 0 Å². The molecule has 12 nitrogen and oxygen atoms in total. The van der Waals surface area contributed by atoms with Gasteiger partial charge in [0.15, 0.2) is 12.6 Å². The molecule has 0 unspecified atom stereocenters. The molecule has 27 heavy (non-hydrogen) atoms. The van der Waals surface area contributed by atoms with Crippen LogP contribution in [0.15, 0.2) is 0 Å². The van der Waals surface area contributed by atoms with Gasteiger partial charge in [0.25, 0.3) is 0 Å². The number of carbonyl (C=O) groups is 1. The molecule has 2 aliphatic heterocycles. The Hall–Kier alpha value is -0.930. The minimum absolute atomic E-state index is 0.369. The van der Waals surface area contributed by atoms with Crippen molar-refractivity contribution in [3.63, 3.8) is 0 Å². The maximum Gasteiger partial charge on any atom is 0.217 e. The Balaban J connectivity index is 2.07. The molecule has 158 valence electrons. The molecule has 2 heterocycles. The molecule has 0 spiro atoms. The Morgan fingerprint density at radius 1 is 0.926 bits per heavy atom. The molecule has 10 atom stereocenters. The zero-order valence-corrected chi connectivity index (χ0v) is 14.9. The fraction of sp³-hybridized carbons (Fsp3) is 0.933. The van der Waals surface area contributed by atoms with E-state index in [1.54, 1.807) is 0 Å². The van der Waals surface area contributed by atoms with Crippen LogP contribution in [0.2, 0.25) is 0 Å². The fourth-order valence-electron chi connectivity index (χ4n) is 3.05. The molecule has 1 amide bonds. The van der Waals surface area contributed by atoms with Gasteiger partial charge in [-0.3, -0.25) is 4.79 Å². The largest absolute Gasteiger partial charge is 0.394 e. The van der Waals surface area contributed by atoms with E-state index in [1.165, 1.54) is 14.0 Å². The molecule has 0 saturated carbocycles. The van der Waals surface area contributed by atoms with Gasteiger partial charge in [0, 0.05) is 14.0 Å². The summed E-state index contributed by atoms with van der Waals surface area (Å²) in [5.74, 6) is -0.516. The Morgan fingerprint density at radius 3 is 2.07 bits per heavy atom. The third-order valence-corrected chi connectivity index (χ3v) is 4.58. The number of aliphatic hydroxyl groups excluding tert-OH is 6. The first-order chi connectivity index (χ1) is 12.7. The average molecular weight is 397 g/mol. The third kappa shape index (κ3) is 4.92. The van der Waals surface area contributed by atoms with Crippen LogP contribution in [-0.2, 0) is 23.7 Å². The SMILES string of the molecule is CO[C@H]1O[C@H](CO[C@@H]2O[C@H](CO)[C@@H](O)[C@H](O)[C@H]2NC(C)=O)[C@@H](O)[C@H](O)[C@@H]1O. The first-order valence-electron chi connectivity index (χ1n) is 8.44. The summed E-state index contributed by atoms with van der Waals surface area (Å²) in [7, 11) is 1.25. The zero-order chi connectivity index (χ0) is 20.3. The van der Waals surface area contributed by atoms with Crippen molar-refractivity contribution in [1.29, 1.82) is 0 Å². The number of hydrogen-bond acceptors (Lipinski definition) is 11. The number of aliphatic hydroxyl groups is 6. The Morgan fingerprint density at radius 2 is 1.52 bits per heavy atom. The predicted molar refractivity (Wildman–Crippen MR) is 85.0 cm³/mol. The number of amides is 1. The van der Waals surface area contributed by atoms with Crippen LogP contribution in [-0.4, -0.2) is 118 Å². The summed E-state index contributed by atoms with van der Waals surface area (Å²) >= 11 is 0. The van der Waals surface area contributed by atoms with Gasteiger partial charge in [-0.15, -0.1) is 0 Å². The van der Waals surface area contributed by atoms with Crippen LogP contribution in [0, 0.1) is 0 Å². The zero-order valence-electron chi connectivity index (χ0n) is 14.9. The molecule has 0 aromatic carbocycles. The number of ether oxygens (including phenoxy) is 4. The number of hydrogen-bond donors (Lipinski definition) is 7. The highest BCUT2D eigenvalue weighted by Crippen LogP contribution is 2.25. The summed E-state index contributed by atoms with van der Waals surface area (Å²) in [6, 6.07) is -1.16. The van der Waals surface area contributed by atoms with Crippen molar-refractivity contribution in [3.8, 4) is 0 Å². The van der Waals surface area contributed by atoms with E-state index in [4.69, 9.17) is 18.9 Å². The number of carbonyl (C=O) groups excluding carboxylic acids is 1. The maximum absolute atomic E-state index is 11.4. The van der Waals surface area contributed by atoms with Crippen molar-refractivity contribution in [2.45, 2.75) is 68.3 Å². The summed E-state index contributed by atoms with van der Waals surface area (Å²) in [5.41, 5.74) is 0. The molecular formula is C15H27NO11. The topological polar surface area (TPSA) is 187 Å². The molecule has 0 aromatic heterocycles. The van der Waals surface area contributed by atoms with E-state index in [2.05, 4.69) is 5.32 Å². The lowest BCUT2D eigenvalue weighted by Gasteiger charge is -2.44. The van der Waals surface area contributed by atoms with Crippen LogP contribution in [0.25, 0.3) is 0 Å². The normalized spacial score (nSPS) is 45.5. The first-order valence-corrected chi connectivity index (χ1v) is 8.44. The van der Waals surface area contributed by atoms with E-state index >= 15 is 0 Å². The second kappa shape index (κ2) is 9.52. The average Bonchev–Trinajstić information content (AvgIpc) is 2.64. The van der Waals surface area contributed by atoms with Crippen LogP contribution < -0.4 is 5.32 Å². The van der Waals surface area contributed by atoms with Gasteiger partial charge in [-0.1, -0.05) is 0 Å². The Labute approximate surface area is 155 Å². The lowest BCUT2D eigenvalue weighted by molar-refractivity contribution is -0.316. The number of nitrogens with one attached hydrogen (secondary N) is 1. The highest BCUT2D eigenvalue weighted by atomic mass is 16.7. The minimum Gasteiger partial charge on any atom is -0.394 e. The molecular weight excluding hydrogens is 370 g/mol. The van der Waals surface area contributed by atoms with Gasteiger partial charge >= 0.3 is 0 Å². The van der Waals surface area contributed by atoms with Gasteiger partial charge < -0.3 is 54.9 Å². The summed E-state index contributed by atoms with van der Waals surface area (Å²) in [6.07, 6.45) is -12.2. The number of rotatable bonds is 6. The van der Waals surface area contributed by atoms with E-state index in [0.717, 1.165) is 0 Å². The standard InChI is InChI=1S/C15H27NO11/c1-5(18)16-8-11(21)9(19)6(3-17)26-14(8)25-4-7-10(20)12(22)13(23)15(24-2)27-7/h6-15,17,19-23H,3-4H2,1-2H3,(H,16,18)/t6-,7-,8-,9-,10-,11-,12+,13+,14-,15+/m1/s1. The molecule has 2 fully saturated rings. The second-order valence-electron chi connectivity index (χ2n) is 6.52. The molecule has 0 aliphatic carbocycles. The van der Waals surface area contributed by atoms with Gasteiger partial charge in [-0.2, -0.15) is 0 Å². The molecule has 2 rings (SSSR count). The Kier molecular flexibility index (Phi) is 7.88. The first kappa shape index (κ1) is 22.4. The highest BCUT2D eigenvalue weighted by Gasteiger charge is 2.47. The van der Waals surface area contributed by atoms with Crippen LogP contribution in [0.5, 0.6) is 0 Å². The monoisotopic (exact) mass is 397 g/mol. The van der Waals surface area contributed by atoms with Gasteiger partial charge in [-0.25, -0.2) is 0 Å². The molecule has 12 heteroatoms. The van der Waals surface area contributed by atoms with Gasteiger partial charge in [0.2, 0.25) is 5.91 Å². The van der Waals surface area contributed by atoms with Gasteiger partial charge in [0.05, 0.1) is 13.2 Å². The van der Waals surface area contributed by atoms with Crippen molar-refractivity contribution >= 4 is 5.91 Å². The predicted octanol–water partition coefficient (Wildman–Crippen LogP) is -4.60. The molecule has 0 radical (unpaired) electrons. The van der Waals surface area contributed by atoms with E-state index < -0.39 is 73.9 Å². The van der Waals surface area contributed by atoms with Crippen molar-refractivity contribution in [1.82, 2.24) is 5.32 Å². The van der Waals surface area contributed by atoms with Gasteiger partial charge in [0.1, 0.15) is 48.8 Å². The van der Waals surface area contributed by atoms with Crippen LogP contribution in [0.3, 0.4) is 0 Å².